The number of carbonyl (C=O) groups excluding carboxylic acids is 5. The number of carbonyl (C=O) groups is 6. The van der Waals surface area contributed by atoms with Crippen molar-refractivity contribution in [1.82, 2.24) is 35.5 Å². The highest BCUT2D eigenvalue weighted by atomic mass is 16.6. The van der Waals surface area contributed by atoms with Crippen LogP contribution in [-0.4, -0.2) is 118 Å². The number of hydrogen-bond acceptors (Lipinski definition) is 9. The van der Waals surface area contributed by atoms with Gasteiger partial charge in [-0.1, -0.05) is 18.2 Å². The van der Waals surface area contributed by atoms with Gasteiger partial charge in [0.1, 0.15) is 6.04 Å². The standard InChI is InChI=1S/C30H39N7O9/c1-3-45-30(44)36-15-13-35(14-16-36)29(43)22(11-12-26(39)40)33-28(42)23-17-25(37(34-23)21-7-5-4-6-8-21)46-19(2)27(41)31-18-24(38)32-20-9-10-20/h4-8,17,19-20,22H,3,9-16,18H2,1-2H3,(H,31,41)(H,32,38)(H,33,42)(H,39,40)/t19?,22-/m0/s1. The van der Waals surface area contributed by atoms with Crippen LogP contribution in [-0.2, 0) is 23.9 Å². The molecule has 1 saturated heterocycles. The van der Waals surface area contributed by atoms with Gasteiger partial charge in [-0.25, -0.2) is 9.48 Å². The number of benzene rings is 1. The Morgan fingerprint density at radius 1 is 1.02 bits per heavy atom. The second-order valence-electron chi connectivity index (χ2n) is 10.9. The summed E-state index contributed by atoms with van der Waals surface area (Å²) in [5.41, 5.74) is 0.376. The Labute approximate surface area is 265 Å². The number of aliphatic carboxylic acids is 1. The summed E-state index contributed by atoms with van der Waals surface area (Å²) in [7, 11) is 0. The smallest absolute Gasteiger partial charge is 0.409 e. The first-order chi connectivity index (χ1) is 22.0. The zero-order valence-corrected chi connectivity index (χ0v) is 25.8. The number of carboxylic acids is 1. The predicted octanol–water partition coefficient (Wildman–Crippen LogP) is 0.298. The fraction of sp³-hybridized carbons (Fsp3) is 0.500. The van der Waals surface area contributed by atoms with E-state index in [9.17, 15) is 33.9 Å². The van der Waals surface area contributed by atoms with E-state index in [2.05, 4.69) is 21.0 Å². The van der Waals surface area contributed by atoms with Crippen LogP contribution in [0, 0.1) is 0 Å². The lowest BCUT2D eigenvalue weighted by molar-refractivity contribution is -0.138. The molecule has 1 aromatic carbocycles. The largest absolute Gasteiger partial charge is 0.481 e. The van der Waals surface area contributed by atoms with Crippen LogP contribution >= 0.6 is 0 Å². The molecule has 0 radical (unpaired) electrons. The molecule has 2 aromatic rings. The summed E-state index contributed by atoms with van der Waals surface area (Å²) in [6, 6.07) is 8.99. The van der Waals surface area contributed by atoms with Gasteiger partial charge in [0, 0.05) is 44.7 Å². The lowest BCUT2D eigenvalue weighted by Gasteiger charge is -2.35. The molecule has 0 bridgehead atoms. The molecule has 0 spiro atoms. The van der Waals surface area contributed by atoms with Gasteiger partial charge in [-0.2, -0.15) is 5.10 Å². The van der Waals surface area contributed by atoms with Gasteiger partial charge >= 0.3 is 12.1 Å². The van der Waals surface area contributed by atoms with E-state index in [1.54, 1.807) is 37.3 Å². The summed E-state index contributed by atoms with van der Waals surface area (Å²) in [6.45, 7) is 4.00. The van der Waals surface area contributed by atoms with Gasteiger partial charge in [0.2, 0.25) is 17.7 Å². The number of nitrogens with one attached hydrogen (secondary N) is 3. The first-order valence-corrected chi connectivity index (χ1v) is 15.2. The third kappa shape index (κ3) is 9.42. The van der Waals surface area contributed by atoms with Crippen LogP contribution < -0.4 is 20.7 Å². The molecule has 1 aromatic heterocycles. The van der Waals surface area contributed by atoms with E-state index >= 15 is 0 Å². The first kappa shape index (κ1) is 33.7. The van der Waals surface area contributed by atoms with Crippen LogP contribution in [0.4, 0.5) is 4.79 Å². The molecule has 2 heterocycles. The highest BCUT2D eigenvalue weighted by Crippen LogP contribution is 2.22. The van der Waals surface area contributed by atoms with E-state index < -0.39 is 41.9 Å². The number of rotatable bonds is 14. The quantitative estimate of drug-likeness (QED) is 0.222. The number of piperazine rings is 1. The second-order valence-corrected chi connectivity index (χ2v) is 10.9. The fourth-order valence-electron chi connectivity index (χ4n) is 4.67. The highest BCUT2D eigenvalue weighted by Gasteiger charge is 2.32. The monoisotopic (exact) mass is 641 g/mol. The van der Waals surface area contributed by atoms with Crippen molar-refractivity contribution in [2.75, 3.05) is 39.3 Å². The van der Waals surface area contributed by atoms with Crippen molar-refractivity contribution in [1.29, 1.82) is 0 Å². The number of amides is 5. The van der Waals surface area contributed by atoms with E-state index in [0.29, 0.717) is 5.69 Å². The lowest BCUT2D eigenvalue weighted by Crippen LogP contribution is -2.56. The minimum atomic E-state index is -1.18. The van der Waals surface area contributed by atoms with Crippen LogP contribution in [0.15, 0.2) is 36.4 Å². The molecule has 1 saturated carbocycles. The third-order valence-corrected chi connectivity index (χ3v) is 7.31. The number of hydrogen-bond donors (Lipinski definition) is 4. The zero-order chi connectivity index (χ0) is 33.2. The third-order valence-electron chi connectivity index (χ3n) is 7.31. The van der Waals surface area contributed by atoms with Crippen LogP contribution in [0.2, 0.25) is 0 Å². The summed E-state index contributed by atoms with van der Waals surface area (Å²) in [6.07, 6.45) is -0.267. The maximum Gasteiger partial charge on any atom is 0.409 e. The molecule has 2 fully saturated rings. The Bertz CT molecular complexity index is 1420. The van der Waals surface area contributed by atoms with E-state index in [1.807, 2.05) is 0 Å². The molecule has 2 atom stereocenters. The predicted molar refractivity (Wildman–Crippen MR) is 161 cm³/mol. The maximum atomic E-state index is 13.4. The van der Waals surface area contributed by atoms with Crippen LogP contribution in [0.3, 0.4) is 0 Å². The van der Waals surface area contributed by atoms with Crippen molar-refractivity contribution in [3.63, 3.8) is 0 Å². The normalized spacial score (nSPS) is 15.7. The fourth-order valence-corrected chi connectivity index (χ4v) is 4.67. The Hall–Kier alpha value is -5.15. The number of aromatic nitrogens is 2. The summed E-state index contributed by atoms with van der Waals surface area (Å²) >= 11 is 0. The first-order valence-electron chi connectivity index (χ1n) is 15.2. The van der Waals surface area contributed by atoms with Crippen molar-refractivity contribution < 1.29 is 43.3 Å². The Kier molecular flexibility index (Phi) is 11.5. The van der Waals surface area contributed by atoms with Crippen LogP contribution in [0.1, 0.15) is 50.0 Å². The van der Waals surface area contributed by atoms with Gasteiger partial charge in [-0.15, -0.1) is 0 Å². The average Bonchev–Trinajstić information content (AvgIpc) is 3.77. The molecule has 2 aliphatic rings. The summed E-state index contributed by atoms with van der Waals surface area (Å²) in [5.74, 6) is -3.20. The minimum Gasteiger partial charge on any atom is -0.481 e. The van der Waals surface area contributed by atoms with Gasteiger partial charge in [0.05, 0.1) is 18.8 Å². The van der Waals surface area contributed by atoms with Gasteiger partial charge in [0.15, 0.2) is 11.8 Å². The van der Waals surface area contributed by atoms with E-state index in [-0.39, 0.29) is 75.7 Å². The number of carboxylic acid groups (broad SMARTS) is 1. The van der Waals surface area contributed by atoms with Crippen molar-refractivity contribution >= 4 is 35.7 Å². The summed E-state index contributed by atoms with van der Waals surface area (Å²) in [5, 5.41) is 21.5. The number of nitrogens with zero attached hydrogens (tertiary/aromatic N) is 4. The molecular weight excluding hydrogens is 602 g/mol. The molecule has 46 heavy (non-hydrogen) atoms. The van der Waals surface area contributed by atoms with Crippen molar-refractivity contribution in [3.05, 3.63) is 42.1 Å². The Morgan fingerprint density at radius 3 is 2.33 bits per heavy atom. The van der Waals surface area contributed by atoms with E-state index in [4.69, 9.17) is 9.47 Å². The Morgan fingerprint density at radius 2 is 1.70 bits per heavy atom. The molecule has 4 N–H and O–H groups in total. The van der Waals surface area contributed by atoms with Gasteiger partial charge in [0.25, 0.3) is 11.8 Å². The number of para-hydroxylation sites is 1. The summed E-state index contributed by atoms with van der Waals surface area (Å²) in [4.78, 5) is 77.9. The molecule has 5 amide bonds. The lowest BCUT2D eigenvalue weighted by atomic mass is 10.1. The average molecular weight is 642 g/mol. The van der Waals surface area contributed by atoms with Crippen molar-refractivity contribution in [2.24, 2.45) is 0 Å². The van der Waals surface area contributed by atoms with Gasteiger partial charge in [-0.05, 0) is 45.2 Å². The second kappa shape index (κ2) is 15.7. The van der Waals surface area contributed by atoms with Crippen molar-refractivity contribution in [3.8, 4) is 11.6 Å². The van der Waals surface area contributed by atoms with Crippen LogP contribution in [0.25, 0.3) is 5.69 Å². The van der Waals surface area contributed by atoms with Gasteiger partial charge < -0.3 is 40.3 Å². The number of ether oxygens (including phenoxy) is 2. The topological polar surface area (TPSA) is 202 Å². The maximum absolute atomic E-state index is 13.4. The SMILES string of the molecule is CCOC(=O)N1CCN(C(=O)[C@H](CCC(=O)O)NC(=O)c2cc(OC(C)C(=O)NCC(=O)NC3CC3)n(-c3ccccc3)n2)CC1. The minimum absolute atomic E-state index is 0.0462. The molecule has 248 valence electrons. The molecular formula is C30H39N7O9. The molecule has 16 heteroatoms. The zero-order valence-electron chi connectivity index (χ0n) is 25.8. The molecule has 4 rings (SSSR count). The van der Waals surface area contributed by atoms with E-state index in [1.165, 1.54) is 27.5 Å². The Balaban J connectivity index is 1.46. The molecule has 1 aliphatic carbocycles. The molecule has 16 nitrogen and oxygen atoms in total. The van der Waals surface area contributed by atoms with Crippen molar-refractivity contribution in [2.45, 2.75) is 57.7 Å². The molecule has 1 aliphatic heterocycles. The highest BCUT2D eigenvalue weighted by molar-refractivity contribution is 5.96. The summed E-state index contributed by atoms with van der Waals surface area (Å²) < 4.78 is 12.2. The van der Waals surface area contributed by atoms with Gasteiger partial charge in [-0.3, -0.25) is 24.0 Å². The van der Waals surface area contributed by atoms with Crippen LogP contribution in [0.5, 0.6) is 5.88 Å². The molecule has 1 unspecified atom stereocenters. The van der Waals surface area contributed by atoms with E-state index in [0.717, 1.165) is 12.8 Å².